The zero-order chi connectivity index (χ0) is 23.2. The predicted octanol–water partition coefficient (Wildman–Crippen LogP) is 3.16. The Labute approximate surface area is 190 Å². The molecule has 0 saturated carbocycles. The maximum atomic E-state index is 12.3. The van der Waals surface area contributed by atoms with Gasteiger partial charge >= 0.3 is 0 Å². The minimum absolute atomic E-state index is 0.100. The van der Waals surface area contributed by atoms with Crippen LogP contribution in [0, 0.1) is 12.8 Å². The second-order valence-corrected chi connectivity index (χ2v) is 10.7. The van der Waals surface area contributed by atoms with Crippen molar-refractivity contribution < 1.29 is 22.7 Å². The molecule has 0 fully saturated rings. The average molecular weight is 489 g/mol. The molecule has 0 bridgehead atoms. The Morgan fingerprint density at radius 3 is 2.55 bits per heavy atom. The van der Waals surface area contributed by atoms with Gasteiger partial charge in [0.1, 0.15) is 16.5 Å². The average Bonchev–Trinajstić information content (AvgIpc) is 2.98. The van der Waals surface area contributed by atoms with Crippen LogP contribution in [0.3, 0.4) is 0 Å². The van der Waals surface area contributed by atoms with Gasteiger partial charge in [-0.25, -0.2) is 18.1 Å². The molecule has 12 heteroatoms. The van der Waals surface area contributed by atoms with E-state index in [1.807, 2.05) is 32.9 Å². The highest BCUT2D eigenvalue weighted by molar-refractivity contribution is 7.88. The summed E-state index contributed by atoms with van der Waals surface area (Å²) in [6.07, 6.45) is 0.577. The highest BCUT2D eigenvalue weighted by Crippen LogP contribution is 2.29. The second-order valence-electron chi connectivity index (χ2n) is 7.31. The maximum Gasteiger partial charge on any atom is 0.235 e. The number of anilines is 2. The fraction of sp³-hybridized carbons (Fsp3) is 0.421. The summed E-state index contributed by atoms with van der Waals surface area (Å²) in [6.45, 7) is 6.35. The van der Waals surface area contributed by atoms with Gasteiger partial charge in [-0.2, -0.15) is 0 Å². The van der Waals surface area contributed by atoms with E-state index in [0.717, 1.165) is 23.2 Å². The van der Waals surface area contributed by atoms with E-state index >= 15 is 0 Å². The minimum Gasteiger partial charge on any atom is -0.491 e. The Balaban J connectivity index is 1.96. The van der Waals surface area contributed by atoms with Crippen LogP contribution in [0.1, 0.15) is 31.5 Å². The van der Waals surface area contributed by atoms with Crippen LogP contribution < -0.4 is 20.1 Å². The van der Waals surface area contributed by atoms with Crippen molar-refractivity contribution in [2.45, 2.75) is 33.7 Å². The molecule has 1 aromatic carbocycles. The molecule has 0 aliphatic heterocycles. The van der Waals surface area contributed by atoms with E-state index in [4.69, 9.17) is 16.3 Å². The van der Waals surface area contributed by atoms with Gasteiger partial charge < -0.3 is 15.4 Å². The van der Waals surface area contributed by atoms with Gasteiger partial charge in [0.15, 0.2) is 5.13 Å². The van der Waals surface area contributed by atoms with Gasteiger partial charge in [0.05, 0.1) is 30.8 Å². The molecule has 1 aromatic heterocycles. The van der Waals surface area contributed by atoms with Crippen LogP contribution in [0.25, 0.3) is 0 Å². The number of benzene rings is 1. The summed E-state index contributed by atoms with van der Waals surface area (Å²) in [5.41, 5.74) is 1.75. The third kappa shape index (κ3) is 8.82. The number of nitrogens with zero attached hydrogens (tertiary/aromatic N) is 1. The van der Waals surface area contributed by atoms with E-state index in [2.05, 4.69) is 20.3 Å². The molecule has 0 saturated heterocycles. The van der Waals surface area contributed by atoms with E-state index in [1.54, 1.807) is 6.07 Å². The molecular weight excluding hydrogens is 464 g/mol. The van der Waals surface area contributed by atoms with Gasteiger partial charge in [-0.1, -0.05) is 42.9 Å². The minimum atomic E-state index is -3.41. The van der Waals surface area contributed by atoms with Gasteiger partial charge in [0.25, 0.3) is 0 Å². The largest absolute Gasteiger partial charge is 0.491 e. The van der Waals surface area contributed by atoms with Crippen molar-refractivity contribution in [2.75, 3.05) is 23.5 Å². The third-order valence-corrected chi connectivity index (χ3v) is 5.62. The van der Waals surface area contributed by atoms with Crippen molar-refractivity contribution in [1.82, 2.24) is 9.71 Å². The lowest BCUT2D eigenvalue weighted by atomic mass is 10.2. The van der Waals surface area contributed by atoms with Gasteiger partial charge in [0.2, 0.25) is 21.8 Å². The van der Waals surface area contributed by atoms with Crippen molar-refractivity contribution in [1.29, 1.82) is 0 Å². The number of amides is 2. The van der Waals surface area contributed by atoms with Crippen LogP contribution >= 0.6 is 22.9 Å². The molecule has 0 unspecified atom stereocenters. The zero-order valence-corrected chi connectivity index (χ0v) is 20.0. The fourth-order valence-electron chi connectivity index (χ4n) is 2.31. The highest BCUT2D eigenvalue weighted by Gasteiger charge is 2.16. The summed E-state index contributed by atoms with van der Waals surface area (Å²) in [7, 11) is -3.41. The molecule has 9 nitrogen and oxygen atoms in total. The molecule has 1 heterocycles. The summed E-state index contributed by atoms with van der Waals surface area (Å²) >= 11 is 7.00. The Hall–Kier alpha value is -2.21. The fourth-order valence-corrected chi connectivity index (χ4v) is 3.76. The smallest absolute Gasteiger partial charge is 0.235 e. The lowest BCUT2D eigenvalue weighted by Crippen LogP contribution is -2.22. The van der Waals surface area contributed by atoms with Crippen molar-refractivity contribution in [2.24, 2.45) is 5.92 Å². The number of aromatic nitrogens is 1. The Morgan fingerprint density at radius 2 is 1.90 bits per heavy atom. The number of sulfonamides is 1. The number of hydrogen-bond donors (Lipinski definition) is 3. The van der Waals surface area contributed by atoms with Gasteiger partial charge in [-0.15, -0.1) is 0 Å². The number of carbonyl (C=O) groups is 2. The Bertz CT molecular complexity index is 1050. The Kier molecular flexibility index (Phi) is 8.80. The molecule has 3 N–H and O–H groups in total. The lowest BCUT2D eigenvalue weighted by molar-refractivity contribution is -0.123. The number of nitrogens with one attached hydrogen (secondary N) is 3. The Morgan fingerprint density at radius 1 is 1.23 bits per heavy atom. The molecule has 2 rings (SSSR count). The van der Waals surface area contributed by atoms with Crippen LogP contribution in [0.4, 0.5) is 10.8 Å². The molecule has 0 aliphatic rings. The van der Waals surface area contributed by atoms with E-state index in [0.29, 0.717) is 24.0 Å². The predicted molar refractivity (Wildman–Crippen MR) is 122 cm³/mol. The van der Waals surface area contributed by atoms with Crippen molar-refractivity contribution in [3.8, 4) is 5.75 Å². The summed E-state index contributed by atoms with van der Waals surface area (Å²) in [5.74, 6) is -0.241. The molecular formula is C19H25ClN4O5S2. The van der Waals surface area contributed by atoms with Crippen LogP contribution in [-0.4, -0.2) is 38.1 Å². The summed E-state index contributed by atoms with van der Waals surface area (Å²) in [5, 5.41) is 5.35. The number of rotatable bonds is 10. The lowest BCUT2D eigenvalue weighted by Gasteiger charge is -2.14. The van der Waals surface area contributed by atoms with Crippen molar-refractivity contribution in [3.63, 3.8) is 0 Å². The van der Waals surface area contributed by atoms with Crippen LogP contribution in [0.15, 0.2) is 18.2 Å². The van der Waals surface area contributed by atoms with E-state index < -0.39 is 28.3 Å². The quantitative estimate of drug-likeness (QED) is 0.441. The molecule has 0 atom stereocenters. The maximum absolute atomic E-state index is 12.3. The number of carbonyl (C=O) groups excluding carboxylic acids is 2. The first-order valence-electron chi connectivity index (χ1n) is 9.36. The van der Waals surface area contributed by atoms with E-state index in [9.17, 15) is 18.0 Å². The molecule has 0 radical (unpaired) electrons. The summed E-state index contributed by atoms with van der Waals surface area (Å²) in [6, 6.07) is 5.38. The van der Waals surface area contributed by atoms with Crippen molar-refractivity contribution in [3.05, 3.63) is 33.8 Å². The number of halogens is 1. The first-order chi connectivity index (χ1) is 14.4. The standard InChI is InChI=1S/C19H25ClN4O5S2/c1-11(2)10-29-15-7-12(3)5-6-13(15)22-16(25)8-17(26)24-19-23-14(18(20)30-19)9-21-31(4,27)28/h5-7,11,21H,8-10H2,1-4H3,(H,22,25)(H,23,24,26). The van der Waals surface area contributed by atoms with Crippen LogP contribution in [0.2, 0.25) is 4.34 Å². The molecule has 2 amide bonds. The summed E-state index contributed by atoms with van der Waals surface area (Å²) < 4.78 is 30.6. The molecule has 2 aromatic rings. The van der Waals surface area contributed by atoms with Gasteiger partial charge in [-0.3, -0.25) is 9.59 Å². The number of aryl methyl sites for hydroxylation is 1. The monoisotopic (exact) mass is 488 g/mol. The first-order valence-corrected chi connectivity index (χ1v) is 12.4. The molecule has 0 spiro atoms. The molecule has 170 valence electrons. The SMILES string of the molecule is Cc1ccc(NC(=O)CC(=O)Nc2nc(CNS(C)(=O)=O)c(Cl)s2)c(OCC(C)C)c1. The molecule has 31 heavy (non-hydrogen) atoms. The summed E-state index contributed by atoms with van der Waals surface area (Å²) in [4.78, 5) is 28.6. The highest BCUT2D eigenvalue weighted by atomic mass is 35.5. The van der Waals surface area contributed by atoms with Crippen LogP contribution in [0.5, 0.6) is 5.75 Å². The topological polar surface area (TPSA) is 126 Å². The number of thiazole rings is 1. The number of ether oxygens (including phenoxy) is 1. The normalized spacial score (nSPS) is 11.4. The van der Waals surface area contributed by atoms with E-state index in [1.165, 1.54) is 0 Å². The van der Waals surface area contributed by atoms with Gasteiger partial charge in [-0.05, 0) is 30.5 Å². The second kappa shape index (κ2) is 10.9. The molecule has 0 aliphatic carbocycles. The van der Waals surface area contributed by atoms with Crippen LogP contribution in [-0.2, 0) is 26.2 Å². The number of hydrogen-bond acceptors (Lipinski definition) is 7. The van der Waals surface area contributed by atoms with Gasteiger partial charge in [0, 0.05) is 0 Å². The first kappa shape index (κ1) is 25.1. The zero-order valence-electron chi connectivity index (χ0n) is 17.6. The third-order valence-electron chi connectivity index (χ3n) is 3.70. The van der Waals surface area contributed by atoms with Crippen molar-refractivity contribution >= 4 is 55.6 Å². The van der Waals surface area contributed by atoms with E-state index in [-0.39, 0.29) is 21.7 Å².